The number of nitrogens with zero attached hydrogens (tertiary/aromatic N) is 5. The minimum Gasteiger partial charge on any atom is -0.368 e. The Morgan fingerprint density at radius 1 is 1.07 bits per heavy atom. The van der Waals surface area contributed by atoms with Crippen molar-refractivity contribution in [1.82, 2.24) is 19.7 Å². The molecule has 2 aromatic carbocycles. The summed E-state index contributed by atoms with van der Waals surface area (Å²) in [6.07, 6.45) is -0.730. The van der Waals surface area contributed by atoms with Crippen LogP contribution in [0.2, 0.25) is 0 Å². The molecule has 0 fully saturated rings. The molecule has 4 aromatic rings. The third kappa shape index (κ3) is 2.72. The number of benzene rings is 2. The molecule has 138 valence electrons. The van der Waals surface area contributed by atoms with Crippen molar-refractivity contribution in [3.63, 3.8) is 0 Å². The summed E-state index contributed by atoms with van der Waals surface area (Å²) in [4.78, 5) is 8.03. The number of halogens is 3. The second-order valence-corrected chi connectivity index (χ2v) is 5.89. The standard InChI is InChI=1S/C19H11F3N6/c20-14-7-2-1-5-11(14)17(22)28-18-13(9-25-28)16(26-19(24)27-18)12-6-3-4-10(8-23)15(12)21/h1-7,9,17H,(H2,24,26,27). The van der Waals surface area contributed by atoms with Crippen LogP contribution in [0.15, 0.2) is 48.7 Å². The lowest BCUT2D eigenvalue weighted by Crippen LogP contribution is -2.10. The van der Waals surface area contributed by atoms with Crippen molar-refractivity contribution in [3.05, 3.63) is 71.4 Å². The summed E-state index contributed by atoms with van der Waals surface area (Å²) in [6, 6.07) is 11.3. The SMILES string of the molecule is N#Cc1cccc(-c2nc(N)nc3c2cnn3C(F)c2ccccc2F)c1F. The summed E-state index contributed by atoms with van der Waals surface area (Å²) < 4.78 is 44.4. The van der Waals surface area contributed by atoms with Crippen LogP contribution >= 0.6 is 0 Å². The number of hydrogen-bond donors (Lipinski definition) is 1. The van der Waals surface area contributed by atoms with Crippen molar-refractivity contribution in [2.45, 2.75) is 6.30 Å². The average molecular weight is 380 g/mol. The van der Waals surface area contributed by atoms with Crippen molar-refractivity contribution >= 4 is 17.0 Å². The van der Waals surface area contributed by atoms with Gasteiger partial charge in [0.25, 0.3) is 0 Å². The smallest absolute Gasteiger partial charge is 0.222 e. The first kappa shape index (κ1) is 17.5. The molecule has 0 aliphatic carbocycles. The molecule has 4 rings (SSSR count). The van der Waals surface area contributed by atoms with Crippen LogP contribution < -0.4 is 5.73 Å². The fourth-order valence-corrected chi connectivity index (χ4v) is 2.91. The minimum atomic E-state index is -1.98. The summed E-state index contributed by atoms with van der Waals surface area (Å²) in [5.41, 5.74) is 5.35. The highest BCUT2D eigenvalue weighted by atomic mass is 19.1. The van der Waals surface area contributed by atoms with Crippen LogP contribution in [0.25, 0.3) is 22.3 Å². The zero-order valence-corrected chi connectivity index (χ0v) is 14.1. The van der Waals surface area contributed by atoms with Gasteiger partial charge in [-0.2, -0.15) is 15.3 Å². The Labute approximate surface area is 156 Å². The van der Waals surface area contributed by atoms with Crippen LogP contribution in [0.5, 0.6) is 0 Å². The molecule has 0 saturated heterocycles. The maximum absolute atomic E-state index is 15.0. The van der Waals surface area contributed by atoms with Gasteiger partial charge < -0.3 is 5.73 Å². The fraction of sp³-hybridized carbons (Fsp3) is 0.0526. The Bertz CT molecular complexity index is 1240. The van der Waals surface area contributed by atoms with Gasteiger partial charge in [-0.25, -0.2) is 22.8 Å². The number of hydrogen-bond acceptors (Lipinski definition) is 5. The number of aromatic nitrogens is 4. The molecule has 0 amide bonds. The van der Waals surface area contributed by atoms with E-state index in [9.17, 15) is 13.2 Å². The number of fused-ring (bicyclic) bond motifs is 1. The zero-order valence-electron chi connectivity index (χ0n) is 14.1. The second-order valence-electron chi connectivity index (χ2n) is 5.89. The summed E-state index contributed by atoms with van der Waals surface area (Å²) in [5.74, 6) is -1.77. The quantitative estimate of drug-likeness (QED) is 0.584. The lowest BCUT2D eigenvalue weighted by atomic mass is 10.1. The zero-order chi connectivity index (χ0) is 19.8. The topological polar surface area (TPSA) is 93.4 Å². The van der Waals surface area contributed by atoms with Gasteiger partial charge in [0.15, 0.2) is 5.65 Å². The monoisotopic (exact) mass is 380 g/mol. The van der Waals surface area contributed by atoms with E-state index in [2.05, 4.69) is 15.1 Å². The number of nitrogen functional groups attached to an aromatic ring is 1. The highest BCUT2D eigenvalue weighted by Gasteiger charge is 2.23. The van der Waals surface area contributed by atoms with Crippen LogP contribution in [0.4, 0.5) is 19.1 Å². The molecular weight excluding hydrogens is 369 g/mol. The molecule has 1 atom stereocenters. The Hall–Kier alpha value is -3.93. The third-order valence-corrected chi connectivity index (χ3v) is 4.22. The largest absolute Gasteiger partial charge is 0.368 e. The lowest BCUT2D eigenvalue weighted by Gasteiger charge is -2.11. The van der Waals surface area contributed by atoms with Gasteiger partial charge in [-0.1, -0.05) is 24.3 Å². The number of anilines is 1. The lowest BCUT2D eigenvalue weighted by molar-refractivity contribution is 0.270. The summed E-state index contributed by atoms with van der Waals surface area (Å²) in [5, 5.41) is 13.2. The molecule has 0 radical (unpaired) electrons. The van der Waals surface area contributed by atoms with E-state index in [1.807, 2.05) is 0 Å². The number of alkyl halides is 1. The number of rotatable bonds is 3. The molecule has 9 heteroatoms. The van der Waals surface area contributed by atoms with E-state index in [4.69, 9.17) is 11.0 Å². The maximum atomic E-state index is 15.0. The number of nitriles is 1. The van der Waals surface area contributed by atoms with E-state index >= 15 is 0 Å². The van der Waals surface area contributed by atoms with Gasteiger partial charge in [-0.05, 0) is 18.2 Å². The molecule has 0 spiro atoms. The molecule has 6 nitrogen and oxygen atoms in total. The first-order chi connectivity index (χ1) is 13.5. The van der Waals surface area contributed by atoms with Gasteiger partial charge in [0.05, 0.1) is 22.8 Å². The Morgan fingerprint density at radius 3 is 2.61 bits per heavy atom. The Balaban J connectivity index is 1.94. The van der Waals surface area contributed by atoms with Crippen LogP contribution in [-0.4, -0.2) is 19.7 Å². The minimum absolute atomic E-state index is 0.000926. The van der Waals surface area contributed by atoms with Crippen LogP contribution in [0.3, 0.4) is 0 Å². The molecule has 0 bridgehead atoms. The van der Waals surface area contributed by atoms with E-state index < -0.39 is 17.9 Å². The fourth-order valence-electron chi connectivity index (χ4n) is 2.91. The molecule has 2 heterocycles. The molecule has 2 N–H and O–H groups in total. The van der Waals surface area contributed by atoms with Gasteiger partial charge in [0.2, 0.25) is 12.2 Å². The van der Waals surface area contributed by atoms with E-state index in [1.165, 1.54) is 42.6 Å². The Kier molecular flexibility index (Phi) is 4.16. The second kappa shape index (κ2) is 6.66. The molecule has 0 aliphatic rings. The molecule has 0 saturated carbocycles. The summed E-state index contributed by atoms with van der Waals surface area (Å²) in [7, 11) is 0. The Morgan fingerprint density at radius 2 is 1.86 bits per heavy atom. The first-order valence-electron chi connectivity index (χ1n) is 8.09. The average Bonchev–Trinajstić information content (AvgIpc) is 3.11. The van der Waals surface area contributed by atoms with Gasteiger partial charge in [-0.3, -0.25) is 0 Å². The van der Waals surface area contributed by atoms with Crippen LogP contribution in [0.1, 0.15) is 17.4 Å². The predicted octanol–water partition coefficient (Wildman–Crippen LogP) is 3.74. The van der Waals surface area contributed by atoms with E-state index in [-0.39, 0.29) is 39.4 Å². The molecule has 2 aromatic heterocycles. The molecular formula is C19H11F3N6. The summed E-state index contributed by atoms with van der Waals surface area (Å²) >= 11 is 0. The van der Waals surface area contributed by atoms with Gasteiger partial charge >= 0.3 is 0 Å². The molecule has 0 aliphatic heterocycles. The third-order valence-electron chi connectivity index (χ3n) is 4.22. The highest BCUT2D eigenvalue weighted by molar-refractivity contribution is 5.91. The van der Waals surface area contributed by atoms with Crippen molar-refractivity contribution < 1.29 is 13.2 Å². The normalized spacial score (nSPS) is 12.1. The van der Waals surface area contributed by atoms with Crippen molar-refractivity contribution in [3.8, 4) is 17.3 Å². The highest BCUT2D eigenvalue weighted by Crippen LogP contribution is 2.32. The molecule has 28 heavy (non-hydrogen) atoms. The van der Waals surface area contributed by atoms with Gasteiger partial charge in [0, 0.05) is 11.1 Å². The van der Waals surface area contributed by atoms with Crippen LogP contribution in [-0.2, 0) is 0 Å². The molecule has 1 unspecified atom stereocenters. The first-order valence-corrected chi connectivity index (χ1v) is 8.09. The van der Waals surface area contributed by atoms with E-state index in [0.29, 0.717) is 0 Å². The summed E-state index contributed by atoms with van der Waals surface area (Å²) in [6.45, 7) is 0. The number of nitrogens with two attached hydrogens (primary N) is 1. The van der Waals surface area contributed by atoms with Gasteiger partial charge in [-0.15, -0.1) is 0 Å². The van der Waals surface area contributed by atoms with Crippen LogP contribution in [0, 0.1) is 23.0 Å². The van der Waals surface area contributed by atoms with Crippen molar-refractivity contribution in [2.75, 3.05) is 5.73 Å². The maximum Gasteiger partial charge on any atom is 0.222 e. The van der Waals surface area contributed by atoms with E-state index in [0.717, 1.165) is 10.7 Å². The predicted molar refractivity (Wildman–Crippen MR) is 95.5 cm³/mol. The van der Waals surface area contributed by atoms with Crippen molar-refractivity contribution in [2.24, 2.45) is 0 Å². The van der Waals surface area contributed by atoms with Gasteiger partial charge in [0.1, 0.15) is 17.7 Å². The van der Waals surface area contributed by atoms with E-state index in [1.54, 1.807) is 6.07 Å². The van der Waals surface area contributed by atoms with Crippen molar-refractivity contribution in [1.29, 1.82) is 5.26 Å².